The number of nitrogens with zero attached hydrogens (tertiary/aromatic N) is 2. The van der Waals surface area contributed by atoms with Crippen molar-refractivity contribution in [3.63, 3.8) is 0 Å². The zero-order chi connectivity index (χ0) is 9.19. The van der Waals surface area contributed by atoms with E-state index in [1.165, 1.54) is 6.20 Å². The molecule has 12 heavy (non-hydrogen) atoms. The quantitative estimate of drug-likeness (QED) is 0.665. The summed E-state index contributed by atoms with van der Waals surface area (Å²) in [7, 11) is 0. The van der Waals surface area contributed by atoms with Gasteiger partial charge in [-0.1, -0.05) is 6.92 Å². The van der Waals surface area contributed by atoms with Gasteiger partial charge in [0.2, 0.25) is 0 Å². The molecule has 1 heterocycles. The number of hydrogen-bond donors (Lipinski definition) is 0. The van der Waals surface area contributed by atoms with Crippen LogP contribution in [0.1, 0.15) is 27.2 Å². The van der Waals surface area contributed by atoms with Gasteiger partial charge in [0.1, 0.15) is 0 Å². The van der Waals surface area contributed by atoms with Crippen molar-refractivity contribution in [3.05, 3.63) is 28.9 Å². The second-order valence-corrected chi connectivity index (χ2v) is 3.45. The lowest BCUT2D eigenvalue weighted by Gasteiger charge is -2.25. The van der Waals surface area contributed by atoms with Gasteiger partial charge in [0, 0.05) is 17.9 Å². The Morgan fingerprint density at radius 2 is 2.25 bits per heavy atom. The summed E-state index contributed by atoms with van der Waals surface area (Å²) in [4.78, 5) is 15.1. The topological polar surface area (TPSA) is 34.9 Å². The van der Waals surface area contributed by atoms with Gasteiger partial charge >= 0.3 is 0 Å². The molecule has 1 aromatic heterocycles. The Morgan fingerprint density at radius 3 is 2.75 bits per heavy atom. The van der Waals surface area contributed by atoms with Crippen LogP contribution in [0, 0.1) is 0 Å². The first kappa shape index (κ1) is 8.97. The molecule has 1 aromatic rings. The van der Waals surface area contributed by atoms with E-state index in [0.29, 0.717) is 0 Å². The highest BCUT2D eigenvalue weighted by Crippen LogP contribution is 2.15. The Hall–Kier alpha value is -1.12. The Morgan fingerprint density at radius 1 is 1.58 bits per heavy atom. The smallest absolute Gasteiger partial charge is 0.269 e. The van der Waals surface area contributed by atoms with Crippen LogP contribution in [0.3, 0.4) is 0 Å². The molecule has 0 radical (unpaired) electrons. The fourth-order valence-electron chi connectivity index (χ4n) is 1.02. The average Bonchev–Trinajstić information content (AvgIpc) is 2.05. The molecule has 0 aliphatic rings. The maximum absolute atomic E-state index is 11.3. The van der Waals surface area contributed by atoms with Crippen LogP contribution < -0.4 is 5.56 Å². The van der Waals surface area contributed by atoms with Crippen LogP contribution in [0.2, 0.25) is 0 Å². The molecular formula is C9H14N2O. The third-order valence-electron chi connectivity index (χ3n) is 2.24. The number of rotatable bonds is 2. The summed E-state index contributed by atoms with van der Waals surface area (Å²) in [5.74, 6) is 0. The van der Waals surface area contributed by atoms with Gasteiger partial charge in [0.15, 0.2) is 0 Å². The van der Waals surface area contributed by atoms with Crippen LogP contribution in [0.15, 0.2) is 23.4 Å². The molecule has 0 N–H and O–H groups in total. The van der Waals surface area contributed by atoms with Crippen molar-refractivity contribution in [2.45, 2.75) is 32.7 Å². The van der Waals surface area contributed by atoms with Gasteiger partial charge in [-0.05, 0) is 20.3 Å². The molecule has 0 aromatic carbocycles. The molecule has 0 aliphatic heterocycles. The normalized spacial score (nSPS) is 11.6. The highest BCUT2D eigenvalue weighted by atomic mass is 16.1. The van der Waals surface area contributed by atoms with E-state index >= 15 is 0 Å². The van der Waals surface area contributed by atoms with Gasteiger partial charge < -0.3 is 4.57 Å². The second kappa shape index (κ2) is 3.09. The number of hydrogen-bond acceptors (Lipinski definition) is 2. The van der Waals surface area contributed by atoms with Gasteiger partial charge in [0.25, 0.3) is 5.56 Å². The SMILES string of the molecule is CCC(C)(C)n1ccncc1=O. The monoisotopic (exact) mass is 166 g/mol. The summed E-state index contributed by atoms with van der Waals surface area (Å²) in [6.07, 6.45) is 5.64. The molecule has 0 amide bonds. The predicted octanol–water partition coefficient (Wildman–Crippen LogP) is 1.39. The summed E-state index contributed by atoms with van der Waals surface area (Å²) in [6, 6.07) is 0. The molecule has 1 rings (SSSR count). The summed E-state index contributed by atoms with van der Waals surface area (Å²) < 4.78 is 1.71. The highest BCUT2D eigenvalue weighted by molar-refractivity contribution is 4.88. The first-order chi connectivity index (χ1) is 5.58. The lowest BCUT2D eigenvalue weighted by atomic mass is 10.0. The zero-order valence-corrected chi connectivity index (χ0v) is 7.74. The summed E-state index contributed by atoms with van der Waals surface area (Å²) in [5, 5.41) is 0. The number of aromatic nitrogens is 2. The van der Waals surface area contributed by atoms with E-state index in [1.54, 1.807) is 17.0 Å². The summed E-state index contributed by atoms with van der Waals surface area (Å²) in [6.45, 7) is 6.13. The van der Waals surface area contributed by atoms with Crippen LogP contribution in [-0.4, -0.2) is 9.55 Å². The molecule has 0 fully saturated rings. The zero-order valence-electron chi connectivity index (χ0n) is 7.74. The van der Waals surface area contributed by atoms with Crippen LogP contribution >= 0.6 is 0 Å². The molecule has 3 nitrogen and oxygen atoms in total. The lowest BCUT2D eigenvalue weighted by Crippen LogP contribution is -2.35. The molecular weight excluding hydrogens is 152 g/mol. The fraction of sp³-hybridized carbons (Fsp3) is 0.556. The van der Waals surface area contributed by atoms with E-state index in [9.17, 15) is 4.79 Å². The minimum absolute atomic E-state index is 0.0376. The van der Waals surface area contributed by atoms with Crippen LogP contribution in [0.25, 0.3) is 0 Å². The standard InChI is InChI=1S/C9H14N2O/c1-4-9(2,3)11-6-5-10-7-8(11)12/h5-7H,4H2,1-3H3. The largest absolute Gasteiger partial charge is 0.307 e. The van der Waals surface area contributed by atoms with Crippen molar-refractivity contribution in [3.8, 4) is 0 Å². The van der Waals surface area contributed by atoms with Crippen molar-refractivity contribution in [2.24, 2.45) is 0 Å². The molecule has 66 valence electrons. The van der Waals surface area contributed by atoms with Gasteiger partial charge in [-0.2, -0.15) is 0 Å². The fourth-order valence-corrected chi connectivity index (χ4v) is 1.02. The molecule has 0 saturated heterocycles. The molecule has 0 bridgehead atoms. The van der Waals surface area contributed by atoms with E-state index in [2.05, 4.69) is 11.9 Å². The van der Waals surface area contributed by atoms with Crippen molar-refractivity contribution in [1.82, 2.24) is 9.55 Å². The van der Waals surface area contributed by atoms with Crippen molar-refractivity contribution in [1.29, 1.82) is 0 Å². The Kier molecular flexibility index (Phi) is 2.31. The maximum atomic E-state index is 11.3. The van der Waals surface area contributed by atoms with Gasteiger partial charge in [-0.15, -0.1) is 0 Å². The van der Waals surface area contributed by atoms with Crippen molar-refractivity contribution >= 4 is 0 Å². The summed E-state index contributed by atoms with van der Waals surface area (Å²) >= 11 is 0. The third kappa shape index (κ3) is 1.55. The molecule has 0 spiro atoms. The second-order valence-electron chi connectivity index (χ2n) is 3.45. The predicted molar refractivity (Wildman–Crippen MR) is 48.1 cm³/mol. The maximum Gasteiger partial charge on any atom is 0.269 e. The van der Waals surface area contributed by atoms with Crippen molar-refractivity contribution < 1.29 is 0 Å². The van der Waals surface area contributed by atoms with Crippen LogP contribution in [0.4, 0.5) is 0 Å². The van der Waals surface area contributed by atoms with E-state index in [4.69, 9.17) is 0 Å². The van der Waals surface area contributed by atoms with E-state index in [1.807, 2.05) is 13.8 Å². The Balaban J connectivity index is 3.20. The molecule has 0 unspecified atom stereocenters. The summed E-state index contributed by atoms with van der Waals surface area (Å²) in [5.41, 5.74) is -0.149. The van der Waals surface area contributed by atoms with Gasteiger partial charge in [0.05, 0.1) is 6.20 Å². The minimum atomic E-state index is -0.111. The van der Waals surface area contributed by atoms with E-state index in [0.717, 1.165) is 6.42 Å². The van der Waals surface area contributed by atoms with Gasteiger partial charge in [-0.25, -0.2) is 0 Å². The van der Waals surface area contributed by atoms with Crippen LogP contribution in [-0.2, 0) is 5.54 Å². The third-order valence-corrected chi connectivity index (χ3v) is 2.24. The Labute approximate surface area is 72.1 Å². The lowest BCUT2D eigenvalue weighted by molar-refractivity contribution is 0.330. The molecule has 3 heteroatoms. The van der Waals surface area contributed by atoms with E-state index in [-0.39, 0.29) is 11.1 Å². The van der Waals surface area contributed by atoms with E-state index < -0.39 is 0 Å². The van der Waals surface area contributed by atoms with Gasteiger partial charge in [-0.3, -0.25) is 9.78 Å². The first-order valence-corrected chi connectivity index (χ1v) is 4.11. The Bertz CT molecular complexity index is 314. The molecule has 0 atom stereocenters. The molecule has 0 aliphatic carbocycles. The van der Waals surface area contributed by atoms with Crippen LogP contribution in [0.5, 0.6) is 0 Å². The average molecular weight is 166 g/mol. The highest BCUT2D eigenvalue weighted by Gasteiger charge is 2.17. The first-order valence-electron chi connectivity index (χ1n) is 4.11. The van der Waals surface area contributed by atoms with Crippen molar-refractivity contribution in [2.75, 3.05) is 0 Å². The minimum Gasteiger partial charge on any atom is -0.307 e. The molecule has 0 saturated carbocycles.